The fourth-order valence-electron chi connectivity index (χ4n) is 3.30. The molecule has 8 heteroatoms. The molecule has 0 amide bonds. The molecule has 3 rings (SSSR count). The summed E-state index contributed by atoms with van der Waals surface area (Å²) in [4.78, 5) is 2.12. The Morgan fingerprint density at radius 3 is 2.45 bits per heavy atom. The van der Waals surface area contributed by atoms with Crippen LogP contribution in [0.25, 0.3) is 0 Å². The summed E-state index contributed by atoms with van der Waals surface area (Å²) in [6.07, 6.45) is 3.18. The highest BCUT2D eigenvalue weighted by Crippen LogP contribution is 2.39. The zero-order chi connectivity index (χ0) is 14.5. The van der Waals surface area contributed by atoms with Crippen molar-refractivity contribution in [2.45, 2.75) is 23.8 Å². The Balaban J connectivity index is 1.86. The van der Waals surface area contributed by atoms with Crippen molar-refractivity contribution in [3.63, 3.8) is 0 Å². The van der Waals surface area contributed by atoms with Crippen LogP contribution in [-0.4, -0.2) is 44.0 Å². The molecule has 1 saturated carbocycles. The summed E-state index contributed by atoms with van der Waals surface area (Å²) < 4.78 is 23.3. The molecule has 1 saturated heterocycles. The van der Waals surface area contributed by atoms with Crippen molar-refractivity contribution in [2.75, 3.05) is 24.2 Å². The second-order valence-electron chi connectivity index (χ2n) is 5.79. The number of hydrogen-bond donors (Lipinski definition) is 1. The number of halogens is 1. The normalized spacial score (nSPS) is 27.1. The second-order valence-corrected chi connectivity index (χ2v) is 8.13. The number of nitrogens with zero attached hydrogens (tertiary/aromatic N) is 3. The predicted molar refractivity (Wildman–Crippen MR) is 76.6 cm³/mol. The smallest absolute Gasteiger partial charge is 0.178 e. The molecule has 0 aromatic carbocycles. The van der Waals surface area contributed by atoms with Crippen LogP contribution in [0, 0.1) is 11.8 Å². The third kappa shape index (κ3) is 2.49. The standard InChI is InChI=1S/C12H17ClN4O2S/c1-20(18,19)10-4-11(15-16-12(10)13)17-5-7-2-9(14)3-8(7)6-17/h4,7-9H,2-3,5-6,14H2,1H3/t7-,8-/m1/s1. The number of anilines is 1. The van der Waals surface area contributed by atoms with E-state index in [0.29, 0.717) is 23.7 Å². The molecule has 0 spiro atoms. The average molecular weight is 317 g/mol. The summed E-state index contributed by atoms with van der Waals surface area (Å²) in [7, 11) is -3.39. The molecule has 6 nitrogen and oxygen atoms in total. The molecule has 2 aliphatic rings. The Kier molecular flexibility index (Phi) is 3.38. The van der Waals surface area contributed by atoms with Crippen LogP contribution in [0.1, 0.15) is 12.8 Å². The van der Waals surface area contributed by atoms with Crippen LogP contribution in [0.2, 0.25) is 5.15 Å². The van der Waals surface area contributed by atoms with E-state index in [9.17, 15) is 8.42 Å². The minimum atomic E-state index is -3.39. The first kappa shape index (κ1) is 14.0. The Morgan fingerprint density at radius 2 is 1.90 bits per heavy atom. The lowest BCUT2D eigenvalue weighted by Gasteiger charge is -2.19. The zero-order valence-electron chi connectivity index (χ0n) is 11.2. The van der Waals surface area contributed by atoms with Gasteiger partial charge in [-0.05, 0) is 24.7 Å². The van der Waals surface area contributed by atoms with Gasteiger partial charge in [-0.3, -0.25) is 0 Å². The Hall–Kier alpha value is -0.920. The van der Waals surface area contributed by atoms with Crippen LogP contribution in [-0.2, 0) is 9.84 Å². The van der Waals surface area contributed by atoms with Crippen LogP contribution < -0.4 is 10.6 Å². The summed E-state index contributed by atoms with van der Waals surface area (Å²) in [5.74, 6) is 1.73. The SMILES string of the molecule is CS(=O)(=O)c1cc(N2C[C@H]3CC(N)C[C@@H]3C2)nnc1Cl. The van der Waals surface area contributed by atoms with Crippen LogP contribution in [0.5, 0.6) is 0 Å². The number of rotatable bonds is 2. The molecule has 110 valence electrons. The number of hydrogen-bond acceptors (Lipinski definition) is 6. The summed E-state index contributed by atoms with van der Waals surface area (Å²) in [5.41, 5.74) is 5.97. The number of aromatic nitrogens is 2. The lowest BCUT2D eigenvalue weighted by molar-refractivity contribution is 0.494. The van der Waals surface area contributed by atoms with Crippen molar-refractivity contribution >= 4 is 27.3 Å². The first-order valence-electron chi connectivity index (χ1n) is 6.58. The van der Waals surface area contributed by atoms with E-state index >= 15 is 0 Å². The molecule has 0 unspecified atom stereocenters. The molecule has 2 atom stereocenters. The zero-order valence-corrected chi connectivity index (χ0v) is 12.7. The maximum absolute atomic E-state index is 11.7. The monoisotopic (exact) mass is 316 g/mol. The molecule has 20 heavy (non-hydrogen) atoms. The minimum Gasteiger partial charge on any atom is -0.355 e. The van der Waals surface area contributed by atoms with Gasteiger partial charge in [0.05, 0.1) is 0 Å². The van der Waals surface area contributed by atoms with Crippen LogP contribution >= 0.6 is 11.6 Å². The number of fused-ring (bicyclic) bond motifs is 1. The fraction of sp³-hybridized carbons (Fsp3) is 0.667. The third-order valence-corrected chi connectivity index (χ3v) is 5.72. The van der Waals surface area contributed by atoms with Gasteiger partial charge in [-0.1, -0.05) is 11.6 Å². The van der Waals surface area contributed by atoms with Crippen molar-refractivity contribution < 1.29 is 8.42 Å². The minimum absolute atomic E-state index is 0.0397. The van der Waals surface area contributed by atoms with Gasteiger partial charge in [-0.15, -0.1) is 10.2 Å². The molecule has 1 aromatic heterocycles. The molecular formula is C12H17ClN4O2S. The lowest BCUT2D eigenvalue weighted by atomic mass is 10.0. The van der Waals surface area contributed by atoms with Crippen LogP contribution in [0.15, 0.2) is 11.0 Å². The van der Waals surface area contributed by atoms with Gasteiger partial charge < -0.3 is 10.6 Å². The van der Waals surface area contributed by atoms with Crippen molar-refractivity contribution in [1.82, 2.24) is 10.2 Å². The van der Waals surface area contributed by atoms with Crippen molar-refractivity contribution in [3.8, 4) is 0 Å². The first-order valence-corrected chi connectivity index (χ1v) is 8.85. The van der Waals surface area contributed by atoms with Gasteiger partial charge in [0.25, 0.3) is 0 Å². The van der Waals surface area contributed by atoms with E-state index in [0.717, 1.165) is 32.2 Å². The molecule has 0 radical (unpaired) electrons. The van der Waals surface area contributed by atoms with E-state index in [4.69, 9.17) is 17.3 Å². The molecule has 1 aliphatic carbocycles. The lowest BCUT2D eigenvalue weighted by Crippen LogP contribution is -2.26. The van der Waals surface area contributed by atoms with Gasteiger partial charge >= 0.3 is 0 Å². The van der Waals surface area contributed by atoms with Gasteiger partial charge in [0, 0.05) is 31.5 Å². The van der Waals surface area contributed by atoms with E-state index in [1.807, 2.05) is 0 Å². The molecule has 2 fully saturated rings. The summed E-state index contributed by atoms with van der Waals surface area (Å²) in [6.45, 7) is 1.72. The molecule has 2 heterocycles. The highest BCUT2D eigenvalue weighted by atomic mass is 35.5. The van der Waals surface area contributed by atoms with E-state index in [1.54, 1.807) is 0 Å². The number of sulfone groups is 1. The summed E-state index contributed by atoms with van der Waals surface area (Å²) >= 11 is 5.81. The van der Waals surface area contributed by atoms with E-state index in [2.05, 4.69) is 15.1 Å². The molecule has 1 aliphatic heterocycles. The number of nitrogens with two attached hydrogens (primary N) is 1. The van der Waals surface area contributed by atoms with Gasteiger partial charge in [-0.2, -0.15) is 0 Å². The van der Waals surface area contributed by atoms with E-state index < -0.39 is 9.84 Å². The van der Waals surface area contributed by atoms with Gasteiger partial charge in [0.1, 0.15) is 4.90 Å². The highest BCUT2D eigenvalue weighted by molar-refractivity contribution is 7.90. The first-order chi connectivity index (χ1) is 9.34. The summed E-state index contributed by atoms with van der Waals surface area (Å²) in [5, 5.41) is 7.73. The maximum Gasteiger partial charge on any atom is 0.178 e. The Labute approximate surface area is 123 Å². The largest absolute Gasteiger partial charge is 0.355 e. The molecule has 2 N–H and O–H groups in total. The molecule has 1 aromatic rings. The predicted octanol–water partition coefficient (Wildman–Crippen LogP) is 0.707. The highest BCUT2D eigenvalue weighted by Gasteiger charge is 2.40. The van der Waals surface area contributed by atoms with Crippen molar-refractivity contribution in [3.05, 3.63) is 11.2 Å². The van der Waals surface area contributed by atoms with Crippen LogP contribution in [0.3, 0.4) is 0 Å². The van der Waals surface area contributed by atoms with Crippen molar-refractivity contribution in [2.24, 2.45) is 17.6 Å². The van der Waals surface area contributed by atoms with Crippen LogP contribution in [0.4, 0.5) is 5.82 Å². The topological polar surface area (TPSA) is 89.2 Å². The maximum atomic E-state index is 11.7. The van der Waals surface area contributed by atoms with E-state index in [1.165, 1.54) is 6.07 Å². The molecular weight excluding hydrogens is 300 g/mol. The van der Waals surface area contributed by atoms with Gasteiger partial charge in [0.2, 0.25) is 0 Å². The van der Waals surface area contributed by atoms with Crippen molar-refractivity contribution in [1.29, 1.82) is 0 Å². The van der Waals surface area contributed by atoms with E-state index in [-0.39, 0.29) is 10.0 Å². The fourth-order valence-corrected chi connectivity index (χ4v) is 4.48. The van der Waals surface area contributed by atoms with Gasteiger partial charge in [-0.25, -0.2) is 8.42 Å². The second kappa shape index (κ2) is 4.82. The Morgan fingerprint density at radius 1 is 1.30 bits per heavy atom. The quantitative estimate of drug-likeness (QED) is 0.864. The third-order valence-electron chi connectivity index (χ3n) is 4.21. The summed E-state index contributed by atoms with van der Waals surface area (Å²) in [6, 6.07) is 1.82. The molecule has 0 bridgehead atoms. The average Bonchev–Trinajstić information content (AvgIpc) is 2.85. The van der Waals surface area contributed by atoms with Gasteiger partial charge in [0.15, 0.2) is 20.8 Å². The Bertz CT molecular complexity index is 622.